The van der Waals surface area contributed by atoms with Crippen LogP contribution in [0.1, 0.15) is 35.6 Å². The molecule has 1 aromatic heterocycles. The van der Waals surface area contributed by atoms with E-state index in [9.17, 15) is 13.2 Å². The van der Waals surface area contributed by atoms with Crippen LogP contribution >= 0.6 is 11.6 Å². The number of rotatable bonds is 8. The van der Waals surface area contributed by atoms with Crippen LogP contribution in [0.5, 0.6) is 11.5 Å². The summed E-state index contributed by atoms with van der Waals surface area (Å²) in [7, 11) is 3.08. The third-order valence-corrected chi connectivity index (χ3v) is 9.48. The predicted molar refractivity (Wildman–Crippen MR) is 190 cm³/mol. The average molecular weight is 730 g/mol. The second kappa shape index (κ2) is 13.5. The summed E-state index contributed by atoms with van der Waals surface area (Å²) in [5, 5.41) is 3.73. The highest BCUT2D eigenvalue weighted by Crippen LogP contribution is 2.44. The molecule has 5 aromatic carbocycles. The van der Waals surface area contributed by atoms with Gasteiger partial charge in [-0.05, 0) is 78.2 Å². The van der Waals surface area contributed by atoms with Gasteiger partial charge in [0.25, 0.3) is 6.02 Å². The van der Waals surface area contributed by atoms with Crippen molar-refractivity contribution in [1.29, 1.82) is 0 Å². The number of nitrogens with zero attached hydrogens (tertiary/aromatic N) is 2. The van der Waals surface area contributed by atoms with Gasteiger partial charge in [-0.25, -0.2) is 14.4 Å². The first-order chi connectivity index (χ1) is 24.9. The van der Waals surface area contributed by atoms with Crippen molar-refractivity contribution in [2.45, 2.75) is 36.7 Å². The van der Waals surface area contributed by atoms with Gasteiger partial charge in [-0.1, -0.05) is 66.2 Å². The summed E-state index contributed by atoms with van der Waals surface area (Å²) < 4.78 is 82.6. The number of oxazole rings is 1. The van der Waals surface area contributed by atoms with Crippen LogP contribution in [0.15, 0.2) is 125 Å². The van der Waals surface area contributed by atoms with Crippen LogP contribution in [0.3, 0.4) is 0 Å². The lowest BCUT2D eigenvalue weighted by Gasteiger charge is -2.42. The molecule has 2 atom stereocenters. The highest BCUT2D eigenvalue weighted by atomic mass is 35.5. The molecule has 1 N–H and O–H groups in total. The van der Waals surface area contributed by atoms with Gasteiger partial charge in [0.2, 0.25) is 5.89 Å². The largest absolute Gasteiger partial charge is 0.497 e. The van der Waals surface area contributed by atoms with Crippen molar-refractivity contribution >= 4 is 28.7 Å². The van der Waals surface area contributed by atoms with Gasteiger partial charge in [0.15, 0.2) is 11.7 Å². The van der Waals surface area contributed by atoms with Crippen molar-refractivity contribution in [2.24, 2.45) is 4.99 Å². The van der Waals surface area contributed by atoms with E-state index in [0.29, 0.717) is 49.9 Å². The van der Waals surface area contributed by atoms with Crippen LogP contribution in [0.2, 0.25) is 5.02 Å². The maximum Gasteiger partial charge on any atom is 0.425 e. The van der Waals surface area contributed by atoms with E-state index in [1.807, 2.05) is 54.6 Å². The fraction of sp³-hybridized carbons (Fsp3) is 0.200. The minimum atomic E-state index is -4.83. The summed E-state index contributed by atoms with van der Waals surface area (Å²) in [6, 6.07) is 32.0. The van der Waals surface area contributed by atoms with Crippen LogP contribution in [0.4, 0.5) is 17.6 Å². The quantitative estimate of drug-likeness (QED) is 0.124. The molecule has 52 heavy (non-hydrogen) atoms. The molecule has 266 valence electrons. The Kier molecular flexibility index (Phi) is 9.08. The van der Waals surface area contributed by atoms with Crippen molar-refractivity contribution < 1.29 is 36.2 Å². The summed E-state index contributed by atoms with van der Waals surface area (Å²) >= 11 is 6.12. The molecule has 0 aliphatic carbocycles. The number of halogens is 5. The summed E-state index contributed by atoms with van der Waals surface area (Å²) in [5.74, 6) is 0.546. The standard InChI is InChI=1S/C40H32ClF4N3O4/c1-38(31-21-24(9-19-32(31)42)36-46-33-20-14-28(41)22-34(33)51-36)23-35(40(43,44)45)52-37(47-38)48-39(25-7-5-4-6-8-25,26-10-15-29(49-2)16-11-26)27-12-17-30(50-3)18-13-27/h4-22,35H,23H2,1-3H3,(H,47,48)/t35?,38-/m0/s1. The number of hydrogen-bond acceptors (Lipinski definition) is 7. The van der Waals surface area contributed by atoms with E-state index in [1.54, 1.807) is 42.5 Å². The molecular weight excluding hydrogens is 698 g/mol. The third kappa shape index (κ3) is 6.52. The number of amidine groups is 1. The minimum Gasteiger partial charge on any atom is -0.497 e. The van der Waals surface area contributed by atoms with Crippen molar-refractivity contribution in [3.63, 3.8) is 0 Å². The fourth-order valence-electron chi connectivity index (χ4n) is 6.58. The maximum atomic E-state index is 15.9. The summed E-state index contributed by atoms with van der Waals surface area (Å²) in [5.41, 5.74) is -0.0317. The molecule has 0 saturated heterocycles. The Hall–Kier alpha value is -5.55. The lowest BCUT2D eigenvalue weighted by molar-refractivity contribution is -0.209. The van der Waals surface area contributed by atoms with E-state index < -0.39 is 41.6 Å². The number of aromatic nitrogens is 1. The normalized spacial score (nSPS) is 17.7. The maximum absolute atomic E-state index is 15.9. The number of nitrogens with one attached hydrogen (secondary N) is 1. The molecule has 0 amide bonds. The van der Waals surface area contributed by atoms with E-state index in [2.05, 4.69) is 10.3 Å². The Balaban J connectivity index is 1.41. The molecule has 0 spiro atoms. The Morgan fingerprint density at radius 1 is 0.808 bits per heavy atom. The Morgan fingerprint density at radius 3 is 2.02 bits per heavy atom. The zero-order chi connectivity index (χ0) is 36.7. The number of ether oxygens (including phenoxy) is 3. The lowest BCUT2D eigenvalue weighted by atomic mass is 9.77. The van der Waals surface area contributed by atoms with E-state index in [1.165, 1.54) is 39.3 Å². The number of fused-ring (bicyclic) bond motifs is 1. The molecule has 0 radical (unpaired) electrons. The van der Waals surface area contributed by atoms with Gasteiger partial charge in [-0.3, -0.25) is 0 Å². The summed E-state index contributed by atoms with van der Waals surface area (Å²) in [6.07, 6.45) is -7.87. The second-order valence-corrected chi connectivity index (χ2v) is 13.0. The van der Waals surface area contributed by atoms with Crippen LogP contribution in [0.25, 0.3) is 22.6 Å². The van der Waals surface area contributed by atoms with Gasteiger partial charge in [0.1, 0.15) is 28.4 Å². The Bertz CT molecular complexity index is 2200. The van der Waals surface area contributed by atoms with E-state index in [4.69, 9.17) is 35.2 Å². The highest BCUT2D eigenvalue weighted by Gasteiger charge is 2.52. The lowest BCUT2D eigenvalue weighted by Crippen LogP contribution is -2.54. The molecular formula is C40H32ClF4N3O4. The smallest absolute Gasteiger partial charge is 0.425 e. The van der Waals surface area contributed by atoms with Crippen molar-refractivity contribution in [1.82, 2.24) is 10.3 Å². The molecule has 1 aliphatic heterocycles. The first-order valence-corrected chi connectivity index (χ1v) is 16.6. The molecule has 0 saturated carbocycles. The van der Waals surface area contributed by atoms with Gasteiger partial charge in [0.05, 0.1) is 19.8 Å². The molecule has 7 rings (SSSR count). The topological polar surface area (TPSA) is 78.1 Å². The Morgan fingerprint density at radius 2 is 1.42 bits per heavy atom. The molecule has 12 heteroatoms. The second-order valence-electron chi connectivity index (χ2n) is 12.6. The molecule has 2 heterocycles. The molecule has 7 nitrogen and oxygen atoms in total. The van der Waals surface area contributed by atoms with Crippen LogP contribution in [-0.2, 0) is 15.8 Å². The van der Waals surface area contributed by atoms with Gasteiger partial charge in [-0.15, -0.1) is 0 Å². The number of methoxy groups -OCH3 is 2. The van der Waals surface area contributed by atoms with Gasteiger partial charge in [-0.2, -0.15) is 13.2 Å². The SMILES string of the molecule is COc1ccc(C(NC2=N[C@](C)(c3cc(-c4nc5ccc(Cl)cc5o4)ccc3F)CC(C(F)(F)F)O2)(c2ccccc2)c2ccc(OC)cc2)cc1. The van der Waals surface area contributed by atoms with Crippen LogP contribution in [0, 0.1) is 5.82 Å². The number of alkyl halides is 3. The zero-order valence-corrected chi connectivity index (χ0v) is 28.9. The van der Waals surface area contributed by atoms with Gasteiger partial charge in [0, 0.05) is 28.6 Å². The van der Waals surface area contributed by atoms with Crippen LogP contribution < -0.4 is 14.8 Å². The molecule has 0 fully saturated rings. The number of aliphatic imine (C=N–C) groups is 1. The molecule has 1 aliphatic rings. The van der Waals surface area contributed by atoms with Gasteiger partial charge >= 0.3 is 6.18 Å². The van der Waals surface area contributed by atoms with Gasteiger partial charge < -0.3 is 23.9 Å². The molecule has 1 unspecified atom stereocenters. The predicted octanol–water partition coefficient (Wildman–Crippen LogP) is 9.81. The van der Waals surface area contributed by atoms with Crippen molar-refractivity contribution in [3.05, 3.63) is 148 Å². The summed E-state index contributed by atoms with van der Waals surface area (Å²) in [6.45, 7) is 1.45. The number of hydrogen-bond donors (Lipinski definition) is 1. The average Bonchev–Trinajstić information content (AvgIpc) is 3.57. The molecule has 6 aromatic rings. The number of benzene rings is 5. The monoisotopic (exact) mass is 729 g/mol. The van der Waals surface area contributed by atoms with E-state index in [0.717, 1.165) is 0 Å². The first-order valence-electron chi connectivity index (χ1n) is 16.2. The fourth-order valence-corrected chi connectivity index (χ4v) is 6.75. The highest BCUT2D eigenvalue weighted by molar-refractivity contribution is 6.31. The minimum absolute atomic E-state index is 0.0960. The molecule has 0 bridgehead atoms. The third-order valence-electron chi connectivity index (χ3n) is 9.24. The van der Waals surface area contributed by atoms with E-state index >= 15 is 4.39 Å². The van der Waals surface area contributed by atoms with Crippen molar-refractivity contribution in [3.8, 4) is 23.0 Å². The Labute approximate surface area is 301 Å². The summed E-state index contributed by atoms with van der Waals surface area (Å²) in [4.78, 5) is 9.24. The van der Waals surface area contributed by atoms with Crippen molar-refractivity contribution in [2.75, 3.05) is 14.2 Å². The zero-order valence-electron chi connectivity index (χ0n) is 28.2. The van der Waals surface area contributed by atoms with Crippen LogP contribution in [-0.4, -0.2) is 37.5 Å². The van der Waals surface area contributed by atoms with E-state index in [-0.39, 0.29) is 11.5 Å². The first kappa shape index (κ1) is 34.9.